The van der Waals surface area contributed by atoms with E-state index in [0.717, 1.165) is 41.9 Å². The van der Waals surface area contributed by atoms with Crippen LogP contribution < -0.4 is 5.43 Å². The van der Waals surface area contributed by atoms with Crippen molar-refractivity contribution in [3.8, 4) is 0 Å². The van der Waals surface area contributed by atoms with E-state index in [1.54, 1.807) is 11.1 Å². The summed E-state index contributed by atoms with van der Waals surface area (Å²) in [6.45, 7) is 6.14. The molecule has 1 amide bonds. The van der Waals surface area contributed by atoms with E-state index in [4.69, 9.17) is 0 Å². The molecule has 2 aliphatic rings. The minimum atomic E-state index is -0.176. The SMILES string of the molecule is CC(C)c1n[nH]c2c1CN(C(=O)c1cn3c4c(cccc4c1=O)CC3)CC2. The highest BCUT2D eigenvalue weighted by atomic mass is 16.2. The Bertz CT molecular complexity index is 1140. The number of hydrogen-bond acceptors (Lipinski definition) is 3. The van der Waals surface area contributed by atoms with Gasteiger partial charge in [-0.3, -0.25) is 14.7 Å². The predicted molar refractivity (Wildman–Crippen MR) is 103 cm³/mol. The second-order valence-corrected chi connectivity index (χ2v) is 7.83. The van der Waals surface area contributed by atoms with E-state index < -0.39 is 0 Å². The van der Waals surface area contributed by atoms with E-state index >= 15 is 0 Å². The Balaban J connectivity index is 1.55. The highest BCUT2D eigenvalue weighted by Crippen LogP contribution is 2.27. The zero-order valence-electron chi connectivity index (χ0n) is 15.6. The fourth-order valence-electron chi connectivity index (χ4n) is 4.45. The Labute approximate surface area is 156 Å². The van der Waals surface area contributed by atoms with E-state index in [0.29, 0.717) is 24.4 Å². The van der Waals surface area contributed by atoms with E-state index in [1.165, 1.54) is 5.56 Å². The molecule has 2 aromatic heterocycles. The van der Waals surface area contributed by atoms with Crippen molar-refractivity contribution >= 4 is 16.8 Å². The number of amides is 1. The van der Waals surface area contributed by atoms with Crippen LogP contribution in [0, 0.1) is 0 Å². The van der Waals surface area contributed by atoms with E-state index in [1.807, 2.05) is 12.1 Å². The van der Waals surface area contributed by atoms with E-state index in [-0.39, 0.29) is 16.9 Å². The molecule has 0 spiro atoms. The predicted octanol–water partition coefficient (Wildman–Crippen LogP) is 2.60. The summed E-state index contributed by atoms with van der Waals surface area (Å²) < 4.78 is 2.06. The number of carbonyl (C=O) groups excluding carboxylic acids is 1. The molecule has 0 atom stereocenters. The zero-order valence-corrected chi connectivity index (χ0v) is 15.6. The lowest BCUT2D eigenvalue weighted by Crippen LogP contribution is -2.38. The van der Waals surface area contributed by atoms with Crippen LogP contribution in [0.3, 0.4) is 0 Å². The molecule has 1 N–H and O–H groups in total. The molecule has 138 valence electrons. The summed E-state index contributed by atoms with van der Waals surface area (Å²) in [5.41, 5.74) is 5.53. The number of pyridine rings is 1. The number of hydrogen-bond donors (Lipinski definition) is 1. The molecule has 0 radical (unpaired) electrons. The van der Waals surface area contributed by atoms with Gasteiger partial charge in [-0.25, -0.2) is 0 Å². The molecule has 0 fully saturated rings. The summed E-state index contributed by atoms with van der Waals surface area (Å²) in [7, 11) is 0. The maximum absolute atomic E-state index is 13.2. The van der Waals surface area contributed by atoms with Gasteiger partial charge in [0.05, 0.1) is 11.2 Å². The van der Waals surface area contributed by atoms with E-state index in [9.17, 15) is 9.59 Å². The van der Waals surface area contributed by atoms with Crippen LogP contribution in [0.1, 0.15) is 52.6 Å². The maximum atomic E-state index is 13.2. The number of benzene rings is 1. The first-order chi connectivity index (χ1) is 13.0. The first-order valence-corrected chi connectivity index (χ1v) is 9.55. The molecule has 4 heterocycles. The maximum Gasteiger partial charge on any atom is 0.259 e. The molecule has 0 bridgehead atoms. The number of aromatic amines is 1. The van der Waals surface area contributed by atoms with Gasteiger partial charge in [0.15, 0.2) is 0 Å². The molecule has 3 aromatic rings. The van der Waals surface area contributed by atoms with Gasteiger partial charge in [-0.05, 0) is 24.0 Å². The molecule has 0 unspecified atom stereocenters. The van der Waals surface area contributed by atoms with Gasteiger partial charge >= 0.3 is 0 Å². The molecule has 6 nitrogen and oxygen atoms in total. The van der Waals surface area contributed by atoms with Gasteiger partial charge in [0.25, 0.3) is 5.91 Å². The first kappa shape index (κ1) is 16.3. The smallest absolute Gasteiger partial charge is 0.259 e. The number of nitrogens with zero attached hydrogens (tertiary/aromatic N) is 3. The van der Waals surface area contributed by atoms with Crippen molar-refractivity contribution in [3.63, 3.8) is 0 Å². The molecule has 2 aliphatic heterocycles. The fourth-order valence-corrected chi connectivity index (χ4v) is 4.45. The molecule has 6 heteroatoms. The van der Waals surface area contributed by atoms with Crippen LogP contribution in [0.5, 0.6) is 0 Å². The molecular weight excluding hydrogens is 340 g/mol. The molecule has 27 heavy (non-hydrogen) atoms. The van der Waals surface area contributed by atoms with Gasteiger partial charge in [-0.15, -0.1) is 0 Å². The average molecular weight is 362 g/mol. The minimum Gasteiger partial charge on any atom is -0.346 e. The summed E-state index contributed by atoms with van der Waals surface area (Å²) >= 11 is 0. The lowest BCUT2D eigenvalue weighted by atomic mass is 9.99. The Morgan fingerprint density at radius 2 is 2.07 bits per heavy atom. The average Bonchev–Trinajstić information content (AvgIpc) is 3.28. The van der Waals surface area contributed by atoms with Crippen molar-refractivity contribution in [1.29, 1.82) is 0 Å². The van der Waals surface area contributed by atoms with Crippen LogP contribution >= 0.6 is 0 Å². The largest absolute Gasteiger partial charge is 0.346 e. The third kappa shape index (κ3) is 2.36. The van der Waals surface area contributed by atoms with Crippen molar-refractivity contribution in [1.82, 2.24) is 19.7 Å². The fraction of sp³-hybridized carbons (Fsp3) is 0.381. The molecule has 0 saturated heterocycles. The monoisotopic (exact) mass is 362 g/mol. The highest BCUT2D eigenvalue weighted by molar-refractivity contribution is 5.98. The van der Waals surface area contributed by atoms with Crippen molar-refractivity contribution in [3.05, 3.63) is 62.7 Å². The summed E-state index contributed by atoms with van der Waals surface area (Å²) in [5.74, 6) is 0.120. The van der Waals surface area contributed by atoms with Crippen LogP contribution in [0.2, 0.25) is 0 Å². The van der Waals surface area contributed by atoms with Crippen LogP contribution in [-0.2, 0) is 25.9 Å². The van der Waals surface area contributed by atoms with Gasteiger partial charge in [-0.1, -0.05) is 26.0 Å². The van der Waals surface area contributed by atoms with Crippen LogP contribution in [-0.4, -0.2) is 32.1 Å². The molecule has 0 aliphatic carbocycles. The third-order valence-corrected chi connectivity index (χ3v) is 5.83. The number of aryl methyl sites for hydroxylation is 2. The first-order valence-electron chi connectivity index (χ1n) is 9.55. The third-order valence-electron chi connectivity index (χ3n) is 5.83. The highest BCUT2D eigenvalue weighted by Gasteiger charge is 2.29. The number of rotatable bonds is 2. The minimum absolute atomic E-state index is 0.155. The van der Waals surface area contributed by atoms with Crippen molar-refractivity contribution in [2.75, 3.05) is 6.54 Å². The van der Waals surface area contributed by atoms with Gasteiger partial charge < -0.3 is 9.47 Å². The van der Waals surface area contributed by atoms with Gasteiger partial charge in [0.1, 0.15) is 5.56 Å². The Kier molecular flexibility index (Phi) is 3.50. The summed E-state index contributed by atoms with van der Waals surface area (Å²) in [6, 6.07) is 5.81. The summed E-state index contributed by atoms with van der Waals surface area (Å²) in [6.07, 6.45) is 3.42. The molecule has 5 rings (SSSR count). The molecular formula is C21H22N4O2. The van der Waals surface area contributed by atoms with Crippen molar-refractivity contribution in [2.45, 2.75) is 45.7 Å². The number of carbonyl (C=O) groups is 1. The number of para-hydroxylation sites is 1. The lowest BCUT2D eigenvalue weighted by Gasteiger charge is -2.27. The number of H-pyrrole nitrogens is 1. The van der Waals surface area contributed by atoms with Gasteiger partial charge in [0, 0.05) is 48.9 Å². The quantitative estimate of drug-likeness (QED) is 0.762. The normalized spacial score (nSPS) is 15.6. The van der Waals surface area contributed by atoms with Crippen LogP contribution in [0.15, 0.2) is 29.2 Å². The van der Waals surface area contributed by atoms with Gasteiger partial charge in [-0.2, -0.15) is 5.10 Å². The molecule has 1 aromatic carbocycles. The lowest BCUT2D eigenvalue weighted by molar-refractivity contribution is 0.0732. The summed E-state index contributed by atoms with van der Waals surface area (Å²) in [5, 5.41) is 8.19. The standard InChI is InChI=1S/C21H22N4O2/c1-12(2)18-15-10-25(9-7-17(15)22-23-18)21(27)16-11-24-8-6-13-4-3-5-14(19(13)24)20(16)26/h3-5,11-12H,6-10H2,1-2H3,(H,22,23). The Hall–Kier alpha value is -2.89. The molecule has 0 saturated carbocycles. The van der Waals surface area contributed by atoms with Crippen LogP contribution in [0.25, 0.3) is 10.9 Å². The number of aromatic nitrogens is 3. The Morgan fingerprint density at radius 3 is 2.89 bits per heavy atom. The zero-order chi connectivity index (χ0) is 18.7. The van der Waals surface area contributed by atoms with Gasteiger partial charge in [0.2, 0.25) is 5.43 Å². The second-order valence-electron chi connectivity index (χ2n) is 7.83. The van der Waals surface area contributed by atoms with Crippen LogP contribution in [0.4, 0.5) is 0 Å². The Morgan fingerprint density at radius 1 is 1.22 bits per heavy atom. The van der Waals surface area contributed by atoms with Crippen molar-refractivity contribution in [2.24, 2.45) is 0 Å². The van der Waals surface area contributed by atoms with Crippen molar-refractivity contribution < 1.29 is 4.79 Å². The topological polar surface area (TPSA) is 71.0 Å². The number of nitrogens with one attached hydrogen (secondary N) is 1. The number of fused-ring (bicyclic) bond motifs is 1. The second kappa shape index (κ2) is 5.81. The summed E-state index contributed by atoms with van der Waals surface area (Å²) in [4.78, 5) is 28.1. The van der Waals surface area contributed by atoms with E-state index in [2.05, 4.69) is 34.7 Å².